The highest BCUT2D eigenvalue weighted by atomic mass is 16.2. The Labute approximate surface area is 105 Å². The predicted octanol–water partition coefficient (Wildman–Crippen LogP) is 1.88. The molecule has 1 unspecified atom stereocenters. The maximum atomic E-state index is 12.3. The Morgan fingerprint density at radius 2 is 2.06 bits per heavy atom. The molecule has 0 aromatic heterocycles. The maximum Gasteiger partial charge on any atom is 0.226 e. The van der Waals surface area contributed by atoms with Gasteiger partial charge < -0.3 is 10.2 Å². The number of carbonyl (C=O) groups is 1. The molecule has 0 bridgehead atoms. The molecule has 0 aromatic rings. The fourth-order valence-corrected chi connectivity index (χ4v) is 3.00. The van der Waals surface area contributed by atoms with Gasteiger partial charge in [0.2, 0.25) is 5.91 Å². The lowest BCUT2D eigenvalue weighted by Gasteiger charge is -2.25. The molecule has 2 fully saturated rings. The van der Waals surface area contributed by atoms with E-state index in [4.69, 9.17) is 0 Å². The van der Waals surface area contributed by atoms with Crippen molar-refractivity contribution in [3.8, 4) is 0 Å². The van der Waals surface area contributed by atoms with Crippen molar-refractivity contribution in [3.05, 3.63) is 0 Å². The van der Waals surface area contributed by atoms with Gasteiger partial charge in [-0.1, -0.05) is 13.8 Å². The quantitative estimate of drug-likeness (QED) is 0.811. The maximum absolute atomic E-state index is 12.3. The van der Waals surface area contributed by atoms with Gasteiger partial charge in [0.25, 0.3) is 0 Å². The second-order valence-electron chi connectivity index (χ2n) is 6.31. The van der Waals surface area contributed by atoms with Crippen molar-refractivity contribution in [1.29, 1.82) is 0 Å². The second-order valence-corrected chi connectivity index (χ2v) is 6.31. The lowest BCUT2D eigenvalue weighted by Crippen LogP contribution is -2.35. The van der Waals surface area contributed by atoms with Crippen LogP contribution in [0.3, 0.4) is 0 Å². The molecule has 2 aliphatic rings. The first-order valence-electron chi connectivity index (χ1n) is 7.01. The SMILES string of the molecule is CC(C)CCN(C)C(=O)C1CC12CCNCC2. The van der Waals surface area contributed by atoms with E-state index in [-0.39, 0.29) is 0 Å². The van der Waals surface area contributed by atoms with Crippen molar-refractivity contribution in [2.45, 2.75) is 39.5 Å². The van der Waals surface area contributed by atoms with Gasteiger partial charge in [-0.25, -0.2) is 0 Å². The van der Waals surface area contributed by atoms with Crippen LogP contribution in [-0.2, 0) is 4.79 Å². The van der Waals surface area contributed by atoms with E-state index in [1.54, 1.807) is 0 Å². The first kappa shape index (κ1) is 12.9. The highest BCUT2D eigenvalue weighted by Gasteiger charge is 2.58. The summed E-state index contributed by atoms with van der Waals surface area (Å²) in [6.07, 6.45) is 4.64. The summed E-state index contributed by atoms with van der Waals surface area (Å²) >= 11 is 0. The van der Waals surface area contributed by atoms with Crippen molar-refractivity contribution < 1.29 is 4.79 Å². The minimum atomic E-state index is 0.335. The van der Waals surface area contributed by atoms with Crippen molar-refractivity contribution in [2.24, 2.45) is 17.3 Å². The molecular weight excluding hydrogens is 212 g/mol. The molecule has 1 amide bonds. The van der Waals surface area contributed by atoms with Crippen LogP contribution in [0.25, 0.3) is 0 Å². The number of piperidine rings is 1. The molecule has 0 aromatic carbocycles. The summed E-state index contributed by atoms with van der Waals surface area (Å²) in [5.74, 6) is 1.41. The molecule has 1 N–H and O–H groups in total. The monoisotopic (exact) mass is 238 g/mol. The van der Waals surface area contributed by atoms with E-state index in [0.29, 0.717) is 23.2 Å². The molecule has 1 saturated heterocycles. The van der Waals surface area contributed by atoms with Crippen LogP contribution >= 0.6 is 0 Å². The third-order valence-electron chi connectivity index (χ3n) is 4.51. The molecule has 17 heavy (non-hydrogen) atoms. The average molecular weight is 238 g/mol. The Hall–Kier alpha value is -0.570. The summed E-state index contributed by atoms with van der Waals surface area (Å²) in [5, 5.41) is 3.38. The zero-order chi connectivity index (χ0) is 12.5. The molecular formula is C14H26N2O. The van der Waals surface area contributed by atoms with Crippen LogP contribution in [0, 0.1) is 17.3 Å². The van der Waals surface area contributed by atoms with E-state index in [9.17, 15) is 4.79 Å². The molecule has 3 heteroatoms. The lowest BCUT2D eigenvalue weighted by molar-refractivity contribution is -0.132. The molecule has 1 aliphatic carbocycles. The van der Waals surface area contributed by atoms with Gasteiger partial charge in [-0.15, -0.1) is 0 Å². The second kappa shape index (κ2) is 4.97. The fraction of sp³-hybridized carbons (Fsp3) is 0.929. The zero-order valence-corrected chi connectivity index (χ0v) is 11.5. The Kier molecular flexibility index (Phi) is 3.76. The number of nitrogens with one attached hydrogen (secondary N) is 1. The highest BCUT2D eigenvalue weighted by molar-refractivity contribution is 5.82. The van der Waals surface area contributed by atoms with Crippen molar-refractivity contribution in [1.82, 2.24) is 10.2 Å². The minimum absolute atomic E-state index is 0.335. The van der Waals surface area contributed by atoms with E-state index < -0.39 is 0 Å². The van der Waals surface area contributed by atoms with Crippen LogP contribution in [0.2, 0.25) is 0 Å². The molecule has 3 nitrogen and oxygen atoms in total. The molecule has 1 spiro atoms. The summed E-state index contributed by atoms with van der Waals surface area (Å²) < 4.78 is 0. The Morgan fingerprint density at radius 1 is 1.41 bits per heavy atom. The molecule has 0 radical (unpaired) electrons. The summed E-state index contributed by atoms with van der Waals surface area (Å²) in [4.78, 5) is 14.3. The number of carbonyl (C=O) groups excluding carboxylic acids is 1. The Balaban J connectivity index is 1.81. The number of hydrogen-bond acceptors (Lipinski definition) is 2. The summed E-state index contributed by atoms with van der Waals surface area (Å²) in [7, 11) is 1.97. The van der Waals surface area contributed by atoms with Crippen LogP contribution in [-0.4, -0.2) is 37.5 Å². The van der Waals surface area contributed by atoms with Gasteiger partial charge in [0, 0.05) is 19.5 Å². The third kappa shape index (κ3) is 2.82. The molecule has 2 rings (SSSR count). The normalized spacial score (nSPS) is 26.2. The minimum Gasteiger partial charge on any atom is -0.345 e. The number of nitrogens with zero attached hydrogens (tertiary/aromatic N) is 1. The topological polar surface area (TPSA) is 32.3 Å². The zero-order valence-electron chi connectivity index (χ0n) is 11.5. The van der Waals surface area contributed by atoms with E-state index in [1.165, 1.54) is 12.8 Å². The van der Waals surface area contributed by atoms with Gasteiger partial charge in [0.05, 0.1) is 0 Å². The molecule has 1 atom stereocenters. The van der Waals surface area contributed by atoms with Gasteiger partial charge in [-0.2, -0.15) is 0 Å². The standard InChI is InChI=1S/C14H26N2O/c1-11(2)4-9-16(3)13(17)12-10-14(12)5-7-15-8-6-14/h11-12,15H,4-10H2,1-3H3. The summed E-state index contributed by atoms with van der Waals surface area (Å²) in [5.41, 5.74) is 0.383. The highest BCUT2D eigenvalue weighted by Crippen LogP contribution is 2.59. The number of rotatable bonds is 4. The van der Waals surface area contributed by atoms with Crippen LogP contribution in [0.5, 0.6) is 0 Å². The van der Waals surface area contributed by atoms with Gasteiger partial charge in [-0.05, 0) is 50.1 Å². The van der Waals surface area contributed by atoms with Gasteiger partial charge >= 0.3 is 0 Å². The average Bonchev–Trinajstić information content (AvgIpc) is 2.99. The van der Waals surface area contributed by atoms with Crippen LogP contribution in [0.15, 0.2) is 0 Å². The first-order chi connectivity index (χ1) is 8.05. The summed E-state index contributed by atoms with van der Waals surface area (Å²) in [6, 6.07) is 0. The smallest absolute Gasteiger partial charge is 0.226 e. The Bertz CT molecular complexity index is 282. The van der Waals surface area contributed by atoms with Crippen LogP contribution in [0.1, 0.15) is 39.5 Å². The van der Waals surface area contributed by atoms with Gasteiger partial charge in [0.15, 0.2) is 0 Å². The number of amides is 1. The van der Waals surface area contributed by atoms with E-state index >= 15 is 0 Å². The molecule has 1 aliphatic heterocycles. The lowest BCUT2D eigenvalue weighted by atomic mass is 9.91. The van der Waals surface area contributed by atoms with E-state index in [1.807, 2.05) is 11.9 Å². The first-order valence-corrected chi connectivity index (χ1v) is 7.01. The fourth-order valence-electron chi connectivity index (χ4n) is 3.00. The third-order valence-corrected chi connectivity index (χ3v) is 4.51. The molecule has 1 heterocycles. The van der Waals surface area contributed by atoms with E-state index in [2.05, 4.69) is 19.2 Å². The van der Waals surface area contributed by atoms with Crippen molar-refractivity contribution in [2.75, 3.05) is 26.7 Å². The van der Waals surface area contributed by atoms with E-state index in [0.717, 1.165) is 32.5 Å². The van der Waals surface area contributed by atoms with Crippen LogP contribution in [0.4, 0.5) is 0 Å². The molecule has 98 valence electrons. The predicted molar refractivity (Wildman–Crippen MR) is 69.7 cm³/mol. The van der Waals surface area contributed by atoms with Crippen molar-refractivity contribution >= 4 is 5.91 Å². The molecule has 1 saturated carbocycles. The Morgan fingerprint density at radius 3 is 2.65 bits per heavy atom. The largest absolute Gasteiger partial charge is 0.345 e. The van der Waals surface area contributed by atoms with Gasteiger partial charge in [-0.3, -0.25) is 4.79 Å². The van der Waals surface area contributed by atoms with Gasteiger partial charge in [0.1, 0.15) is 0 Å². The summed E-state index contributed by atoms with van der Waals surface area (Å²) in [6.45, 7) is 7.54. The van der Waals surface area contributed by atoms with Crippen LogP contribution < -0.4 is 5.32 Å². The van der Waals surface area contributed by atoms with Crippen molar-refractivity contribution in [3.63, 3.8) is 0 Å². The number of hydrogen-bond donors (Lipinski definition) is 1.